The van der Waals surface area contributed by atoms with Gasteiger partial charge in [0, 0.05) is 5.56 Å². The van der Waals surface area contributed by atoms with E-state index in [0.29, 0.717) is 18.1 Å². The van der Waals surface area contributed by atoms with Gasteiger partial charge in [0.05, 0.1) is 24.4 Å². The predicted octanol–water partition coefficient (Wildman–Crippen LogP) is 2.66. The molecule has 0 aliphatic carbocycles. The molecule has 0 atom stereocenters. The molecule has 0 saturated heterocycles. The molecule has 5 heteroatoms. The van der Waals surface area contributed by atoms with Crippen molar-refractivity contribution in [2.24, 2.45) is 5.16 Å². The van der Waals surface area contributed by atoms with Crippen LogP contribution in [0.3, 0.4) is 0 Å². The third-order valence-electron chi connectivity index (χ3n) is 1.75. The molecule has 0 bridgehead atoms. The average Bonchev–Trinajstić information content (AvgIpc) is 2.22. The first-order valence-corrected chi connectivity index (χ1v) is 5.20. The molecule has 0 aliphatic heterocycles. The van der Waals surface area contributed by atoms with Gasteiger partial charge in [-0.3, -0.25) is 0 Å². The van der Waals surface area contributed by atoms with Gasteiger partial charge in [0.15, 0.2) is 11.5 Å². The Morgan fingerprint density at radius 2 is 2.27 bits per heavy atom. The highest BCUT2D eigenvalue weighted by molar-refractivity contribution is 9.10. The van der Waals surface area contributed by atoms with Crippen LogP contribution in [0.5, 0.6) is 11.5 Å². The van der Waals surface area contributed by atoms with Crippen LogP contribution in [0.4, 0.5) is 0 Å². The quantitative estimate of drug-likeness (QED) is 0.521. The van der Waals surface area contributed by atoms with Crippen LogP contribution in [-0.2, 0) is 0 Å². The number of nitrogens with zero attached hydrogens (tertiary/aromatic N) is 1. The van der Waals surface area contributed by atoms with E-state index in [-0.39, 0.29) is 0 Å². The topological polar surface area (TPSA) is 51.0 Å². The van der Waals surface area contributed by atoms with Crippen molar-refractivity contribution < 1.29 is 14.7 Å². The number of methoxy groups -OCH3 is 1. The highest BCUT2D eigenvalue weighted by Gasteiger charge is 2.10. The molecule has 82 valence electrons. The normalized spacial score (nSPS) is 10.6. The number of rotatable bonds is 4. The SMILES string of the molecule is CCOc1c(Br)cc(/C=N\O)cc1OC. The highest BCUT2D eigenvalue weighted by atomic mass is 79.9. The number of hydrogen-bond acceptors (Lipinski definition) is 4. The van der Waals surface area contributed by atoms with E-state index in [9.17, 15) is 0 Å². The van der Waals surface area contributed by atoms with Crippen LogP contribution in [0.2, 0.25) is 0 Å². The molecule has 0 aromatic heterocycles. The molecule has 0 radical (unpaired) electrons. The Balaban J connectivity index is 3.17. The number of hydrogen-bond donors (Lipinski definition) is 1. The zero-order valence-corrected chi connectivity index (χ0v) is 10.1. The molecule has 0 heterocycles. The molecule has 0 amide bonds. The van der Waals surface area contributed by atoms with Crippen molar-refractivity contribution >= 4 is 22.1 Å². The summed E-state index contributed by atoms with van der Waals surface area (Å²) in [5.41, 5.74) is 0.727. The van der Waals surface area contributed by atoms with Crippen LogP contribution < -0.4 is 9.47 Å². The van der Waals surface area contributed by atoms with Gasteiger partial charge in [-0.05, 0) is 35.0 Å². The number of oxime groups is 1. The fraction of sp³-hybridized carbons (Fsp3) is 0.300. The zero-order valence-electron chi connectivity index (χ0n) is 8.53. The number of halogens is 1. The molecule has 1 aromatic rings. The van der Waals surface area contributed by atoms with E-state index >= 15 is 0 Å². The molecule has 1 N–H and O–H groups in total. The van der Waals surface area contributed by atoms with E-state index in [4.69, 9.17) is 14.7 Å². The third-order valence-corrected chi connectivity index (χ3v) is 2.34. The first kappa shape index (κ1) is 11.8. The van der Waals surface area contributed by atoms with E-state index < -0.39 is 0 Å². The lowest BCUT2D eigenvalue weighted by Gasteiger charge is -2.11. The Morgan fingerprint density at radius 3 is 2.80 bits per heavy atom. The molecule has 0 spiro atoms. The van der Waals surface area contributed by atoms with Gasteiger partial charge in [0.1, 0.15) is 0 Å². The summed E-state index contributed by atoms with van der Waals surface area (Å²) in [6.45, 7) is 2.46. The predicted molar refractivity (Wildman–Crippen MR) is 61.2 cm³/mol. The van der Waals surface area contributed by atoms with Crippen LogP contribution in [0.15, 0.2) is 21.8 Å². The van der Waals surface area contributed by atoms with E-state index in [1.807, 2.05) is 6.92 Å². The molecular formula is C10H12BrNO3. The second-order valence-electron chi connectivity index (χ2n) is 2.71. The first-order chi connectivity index (χ1) is 7.22. The Labute approximate surface area is 96.6 Å². The van der Waals surface area contributed by atoms with Crippen molar-refractivity contribution in [2.75, 3.05) is 13.7 Å². The maximum atomic E-state index is 8.43. The second-order valence-corrected chi connectivity index (χ2v) is 3.57. The van der Waals surface area contributed by atoms with E-state index in [1.54, 1.807) is 19.2 Å². The standard InChI is InChI=1S/C10H12BrNO3/c1-3-15-10-8(11)4-7(6-12-13)5-9(10)14-2/h4-6,13H,3H2,1-2H3/b12-6-. The van der Waals surface area contributed by atoms with E-state index in [1.165, 1.54) is 6.21 Å². The van der Waals surface area contributed by atoms with Crippen molar-refractivity contribution in [3.8, 4) is 11.5 Å². The molecule has 4 nitrogen and oxygen atoms in total. The van der Waals surface area contributed by atoms with E-state index in [0.717, 1.165) is 10.0 Å². The van der Waals surface area contributed by atoms with Crippen LogP contribution in [0.1, 0.15) is 12.5 Å². The van der Waals surface area contributed by atoms with Crippen molar-refractivity contribution in [3.05, 3.63) is 22.2 Å². The summed E-state index contributed by atoms with van der Waals surface area (Å²) in [5, 5.41) is 11.4. The molecular weight excluding hydrogens is 262 g/mol. The van der Waals surface area contributed by atoms with Gasteiger partial charge >= 0.3 is 0 Å². The smallest absolute Gasteiger partial charge is 0.175 e. The summed E-state index contributed by atoms with van der Waals surface area (Å²) in [4.78, 5) is 0. The lowest BCUT2D eigenvalue weighted by molar-refractivity contribution is 0.308. The lowest BCUT2D eigenvalue weighted by Crippen LogP contribution is -1.97. The molecule has 1 rings (SSSR count). The monoisotopic (exact) mass is 273 g/mol. The summed E-state index contributed by atoms with van der Waals surface area (Å²) < 4.78 is 11.3. The first-order valence-electron chi connectivity index (χ1n) is 4.40. The lowest BCUT2D eigenvalue weighted by atomic mass is 10.2. The van der Waals surface area contributed by atoms with Gasteiger partial charge in [-0.2, -0.15) is 0 Å². The molecule has 15 heavy (non-hydrogen) atoms. The Bertz CT molecular complexity index is 366. The van der Waals surface area contributed by atoms with Crippen molar-refractivity contribution in [3.63, 3.8) is 0 Å². The van der Waals surface area contributed by atoms with Crippen molar-refractivity contribution in [1.82, 2.24) is 0 Å². The van der Waals surface area contributed by atoms with Gasteiger partial charge in [-0.1, -0.05) is 5.16 Å². The molecule has 0 fully saturated rings. The Hall–Kier alpha value is -1.23. The van der Waals surface area contributed by atoms with Gasteiger partial charge < -0.3 is 14.7 Å². The van der Waals surface area contributed by atoms with Crippen LogP contribution in [0, 0.1) is 0 Å². The second kappa shape index (κ2) is 5.60. The highest BCUT2D eigenvalue weighted by Crippen LogP contribution is 2.36. The summed E-state index contributed by atoms with van der Waals surface area (Å²) >= 11 is 3.36. The minimum absolute atomic E-state index is 0.558. The summed E-state index contributed by atoms with van der Waals surface area (Å²) in [6, 6.07) is 3.52. The Kier molecular flexibility index (Phi) is 4.42. The number of ether oxygens (including phenoxy) is 2. The van der Waals surface area contributed by atoms with Gasteiger partial charge in [0.25, 0.3) is 0 Å². The zero-order chi connectivity index (χ0) is 11.3. The minimum Gasteiger partial charge on any atom is -0.493 e. The minimum atomic E-state index is 0.558. The summed E-state index contributed by atoms with van der Waals surface area (Å²) in [5.74, 6) is 1.25. The summed E-state index contributed by atoms with van der Waals surface area (Å²) in [6.07, 6.45) is 1.32. The largest absolute Gasteiger partial charge is 0.493 e. The summed E-state index contributed by atoms with van der Waals surface area (Å²) in [7, 11) is 1.56. The van der Waals surface area contributed by atoms with Gasteiger partial charge in [0.2, 0.25) is 0 Å². The van der Waals surface area contributed by atoms with Crippen LogP contribution >= 0.6 is 15.9 Å². The molecule has 0 unspecified atom stereocenters. The van der Waals surface area contributed by atoms with Crippen molar-refractivity contribution in [2.45, 2.75) is 6.92 Å². The van der Waals surface area contributed by atoms with Crippen LogP contribution in [-0.4, -0.2) is 25.1 Å². The van der Waals surface area contributed by atoms with Gasteiger partial charge in [-0.15, -0.1) is 0 Å². The number of benzene rings is 1. The maximum absolute atomic E-state index is 8.43. The van der Waals surface area contributed by atoms with Crippen LogP contribution in [0.25, 0.3) is 0 Å². The molecule has 0 aliphatic rings. The maximum Gasteiger partial charge on any atom is 0.175 e. The van der Waals surface area contributed by atoms with Crippen molar-refractivity contribution in [1.29, 1.82) is 0 Å². The average molecular weight is 274 g/mol. The molecule has 0 saturated carbocycles. The molecule has 1 aromatic carbocycles. The third kappa shape index (κ3) is 2.86. The fourth-order valence-corrected chi connectivity index (χ4v) is 1.74. The Morgan fingerprint density at radius 1 is 1.53 bits per heavy atom. The van der Waals surface area contributed by atoms with E-state index in [2.05, 4.69) is 21.1 Å². The fourth-order valence-electron chi connectivity index (χ4n) is 1.17. The van der Waals surface area contributed by atoms with Gasteiger partial charge in [-0.25, -0.2) is 0 Å².